The molecule has 1 fully saturated rings. The van der Waals surface area contributed by atoms with Crippen LogP contribution < -0.4 is 10.6 Å². The molecule has 0 aromatic heterocycles. The topological polar surface area (TPSA) is 70.6 Å². The van der Waals surface area contributed by atoms with Crippen LogP contribution in [0.1, 0.15) is 0 Å². The van der Waals surface area contributed by atoms with Gasteiger partial charge in [0.25, 0.3) is 0 Å². The van der Waals surface area contributed by atoms with Gasteiger partial charge in [-0.25, -0.2) is 0 Å². The van der Waals surface area contributed by atoms with Crippen molar-refractivity contribution in [2.24, 2.45) is 5.92 Å². The highest BCUT2D eigenvalue weighted by Crippen LogP contribution is 2.18. The molecule has 1 aromatic carbocycles. The number of carbonyl (C=O) groups is 1. The SMILES string of the molecule is CNC1COCC1C(=O)Nc1ccc(O)cc1. The molecule has 0 saturated carbocycles. The molecule has 0 radical (unpaired) electrons. The molecule has 5 nitrogen and oxygen atoms in total. The number of amides is 1. The van der Waals surface area contributed by atoms with Gasteiger partial charge in [0.2, 0.25) is 5.91 Å². The average molecular weight is 236 g/mol. The third kappa shape index (κ3) is 2.75. The first-order chi connectivity index (χ1) is 8.20. The van der Waals surface area contributed by atoms with Gasteiger partial charge in [0.05, 0.1) is 19.1 Å². The van der Waals surface area contributed by atoms with E-state index in [4.69, 9.17) is 9.84 Å². The van der Waals surface area contributed by atoms with Crippen LogP contribution in [0.3, 0.4) is 0 Å². The number of ether oxygens (including phenoxy) is 1. The van der Waals surface area contributed by atoms with Crippen LogP contribution in [-0.2, 0) is 9.53 Å². The lowest BCUT2D eigenvalue weighted by Crippen LogP contribution is -2.39. The van der Waals surface area contributed by atoms with Gasteiger partial charge in [-0.15, -0.1) is 0 Å². The second-order valence-electron chi connectivity index (χ2n) is 4.08. The Bertz CT molecular complexity index is 391. The second kappa shape index (κ2) is 5.16. The first kappa shape index (κ1) is 11.9. The third-order valence-electron chi connectivity index (χ3n) is 2.92. The molecule has 2 unspecified atom stereocenters. The predicted octanol–water partition coefficient (Wildman–Crippen LogP) is 0.565. The zero-order valence-electron chi connectivity index (χ0n) is 9.64. The zero-order valence-corrected chi connectivity index (χ0v) is 9.64. The van der Waals surface area contributed by atoms with Gasteiger partial charge in [0, 0.05) is 11.7 Å². The van der Waals surface area contributed by atoms with E-state index in [1.165, 1.54) is 12.1 Å². The third-order valence-corrected chi connectivity index (χ3v) is 2.92. The molecule has 2 rings (SSSR count). The monoisotopic (exact) mass is 236 g/mol. The number of hydrogen-bond donors (Lipinski definition) is 3. The van der Waals surface area contributed by atoms with Crippen LogP contribution in [0.2, 0.25) is 0 Å². The molecule has 17 heavy (non-hydrogen) atoms. The molecule has 5 heteroatoms. The molecule has 3 N–H and O–H groups in total. The van der Waals surface area contributed by atoms with Gasteiger partial charge in [-0.3, -0.25) is 4.79 Å². The van der Waals surface area contributed by atoms with Crippen molar-refractivity contribution in [3.05, 3.63) is 24.3 Å². The minimum absolute atomic E-state index is 0.0621. The van der Waals surface area contributed by atoms with E-state index in [0.717, 1.165) is 0 Å². The molecular weight excluding hydrogens is 220 g/mol. The van der Waals surface area contributed by atoms with Gasteiger partial charge in [-0.05, 0) is 31.3 Å². The van der Waals surface area contributed by atoms with Crippen molar-refractivity contribution in [1.29, 1.82) is 0 Å². The largest absolute Gasteiger partial charge is 0.508 e. The van der Waals surface area contributed by atoms with Crippen molar-refractivity contribution in [1.82, 2.24) is 5.32 Å². The standard InChI is InChI=1S/C12H16N2O3/c1-13-11-7-17-6-10(11)12(16)14-8-2-4-9(15)5-3-8/h2-5,10-11,13,15H,6-7H2,1H3,(H,14,16). The maximum Gasteiger partial charge on any atom is 0.231 e. The minimum Gasteiger partial charge on any atom is -0.508 e. The molecule has 0 spiro atoms. The predicted molar refractivity (Wildman–Crippen MR) is 63.9 cm³/mol. The summed E-state index contributed by atoms with van der Waals surface area (Å²) in [5.41, 5.74) is 0.676. The molecule has 1 saturated heterocycles. The Morgan fingerprint density at radius 3 is 2.71 bits per heavy atom. The molecule has 0 aliphatic carbocycles. The Kier molecular flexibility index (Phi) is 3.61. The molecule has 1 heterocycles. The van der Waals surface area contributed by atoms with Crippen LogP contribution in [0.4, 0.5) is 5.69 Å². The van der Waals surface area contributed by atoms with Crippen LogP contribution >= 0.6 is 0 Å². The van der Waals surface area contributed by atoms with E-state index >= 15 is 0 Å². The van der Waals surface area contributed by atoms with E-state index in [0.29, 0.717) is 18.9 Å². The van der Waals surface area contributed by atoms with E-state index in [-0.39, 0.29) is 23.6 Å². The Morgan fingerprint density at radius 2 is 2.06 bits per heavy atom. The van der Waals surface area contributed by atoms with Crippen molar-refractivity contribution in [2.75, 3.05) is 25.6 Å². The number of phenolic OH excluding ortho intramolecular Hbond substituents is 1. The molecule has 1 aromatic rings. The molecule has 0 bridgehead atoms. The normalized spacial score (nSPS) is 23.6. The number of hydrogen-bond acceptors (Lipinski definition) is 4. The molecular formula is C12H16N2O3. The van der Waals surface area contributed by atoms with Gasteiger partial charge in [-0.2, -0.15) is 0 Å². The fraction of sp³-hybridized carbons (Fsp3) is 0.417. The van der Waals surface area contributed by atoms with Gasteiger partial charge in [0.1, 0.15) is 5.75 Å². The summed E-state index contributed by atoms with van der Waals surface area (Å²) in [5.74, 6) is -0.0540. The number of carbonyl (C=O) groups excluding carboxylic acids is 1. The van der Waals surface area contributed by atoms with Crippen LogP contribution in [0.5, 0.6) is 5.75 Å². The smallest absolute Gasteiger partial charge is 0.231 e. The summed E-state index contributed by atoms with van der Waals surface area (Å²) in [7, 11) is 1.82. The average Bonchev–Trinajstić information content (AvgIpc) is 2.80. The second-order valence-corrected chi connectivity index (χ2v) is 4.08. The summed E-state index contributed by atoms with van der Waals surface area (Å²) in [6, 6.07) is 6.47. The summed E-state index contributed by atoms with van der Waals surface area (Å²) in [4.78, 5) is 12.0. The quantitative estimate of drug-likeness (QED) is 0.671. The Balaban J connectivity index is 1.99. The highest BCUT2D eigenvalue weighted by atomic mass is 16.5. The molecule has 2 atom stereocenters. The lowest BCUT2D eigenvalue weighted by Gasteiger charge is -2.16. The minimum atomic E-state index is -0.172. The van der Waals surface area contributed by atoms with Crippen molar-refractivity contribution in [3.8, 4) is 5.75 Å². The van der Waals surface area contributed by atoms with Crippen LogP contribution in [0.25, 0.3) is 0 Å². The number of aromatic hydroxyl groups is 1. The van der Waals surface area contributed by atoms with Crippen molar-refractivity contribution >= 4 is 11.6 Å². The highest BCUT2D eigenvalue weighted by molar-refractivity contribution is 5.93. The Labute approximate surface area is 99.8 Å². The molecule has 1 amide bonds. The van der Waals surface area contributed by atoms with Gasteiger partial charge < -0.3 is 20.5 Å². The number of anilines is 1. The van der Waals surface area contributed by atoms with E-state index < -0.39 is 0 Å². The van der Waals surface area contributed by atoms with E-state index in [1.807, 2.05) is 7.05 Å². The van der Waals surface area contributed by atoms with Gasteiger partial charge >= 0.3 is 0 Å². The molecule has 1 aliphatic heterocycles. The Hall–Kier alpha value is -1.59. The maximum absolute atomic E-state index is 12.0. The summed E-state index contributed by atoms with van der Waals surface area (Å²) in [6.45, 7) is 1.000. The van der Waals surface area contributed by atoms with E-state index in [2.05, 4.69) is 10.6 Å². The lowest BCUT2D eigenvalue weighted by atomic mass is 10.0. The maximum atomic E-state index is 12.0. The van der Waals surface area contributed by atoms with Crippen LogP contribution in [-0.4, -0.2) is 37.3 Å². The number of nitrogens with one attached hydrogen (secondary N) is 2. The number of rotatable bonds is 3. The van der Waals surface area contributed by atoms with E-state index in [9.17, 15) is 4.79 Å². The fourth-order valence-electron chi connectivity index (χ4n) is 1.88. The summed E-state index contributed by atoms with van der Waals surface area (Å²) < 4.78 is 5.28. The summed E-state index contributed by atoms with van der Waals surface area (Å²) in [5, 5.41) is 15.0. The fourth-order valence-corrected chi connectivity index (χ4v) is 1.88. The highest BCUT2D eigenvalue weighted by Gasteiger charge is 2.32. The zero-order chi connectivity index (χ0) is 12.3. The number of phenols is 1. The Morgan fingerprint density at radius 1 is 1.35 bits per heavy atom. The number of likely N-dealkylation sites (N-methyl/N-ethyl adjacent to an activating group) is 1. The lowest BCUT2D eigenvalue weighted by molar-refractivity contribution is -0.120. The van der Waals surface area contributed by atoms with Crippen molar-refractivity contribution in [2.45, 2.75) is 6.04 Å². The van der Waals surface area contributed by atoms with Crippen molar-refractivity contribution < 1.29 is 14.6 Å². The molecule has 92 valence electrons. The first-order valence-corrected chi connectivity index (χ1v) is 5.55. The van der Waals surface area contributed by atoms with Crippen LogP contribution in [0.15, 0.2) is 24.3 Å². The van der Waals surface area contributed by atoms with Gasteiger partial charge in [0.15, 0.2) is 0 Å². The van der Waals surface area contributed by atoms with Crippen molar-refractivity contribution in [3.63, 3.8) is 0 Å². The molecule has 1 aliphatic rings. The summed E-state index contributed by atoms with van der Waals surface area (Å²) >= 11 is 0. The van der Waals surface area contributed by atoms with Crippen LogP contribution in [0, 0.1) is 5.92 Å². The van der Waals surface area contributed by atoms with Gasteiger partial charge in [-0.1, -0.05) is 0 Å². The summed E-state index contributed by atoms with van der Waals surface area (Å²) in [6.07, 6.45) is 0. The first-order valence-electron chi connectivity index (χ1n) is 5.55. The van der Waals surface area contributed by atoms with E-state index in [1.54, 1.807) is 12.1 Å². The number of benzene rings is 1.